The predicted molar refractivity (Wildman–Crippen MR) is 73.0 cm³/mol. The first-order chi connectivity index (χ1) is 10.1. The number of carboxylic acids is 1. The molecular formula is C14H14N4O3. The van der Waals surface area contributed by atoms with Gasteiger partial charge in [0.2, 0.25) is 0 Å². The van der Waals surface area contributed by atoms with Gasteiger partial charge in [0.05, 0.1) is 5.69 Å². The van der Waals surface area contributed by atoms with Crippen LogP contribution in [-0.2, 0) is 4.79 Å². The van der Waals surface area contributed by atoms with Crippen LogP contribution in [0, 0.1) is 5.92 Å². The number of hydrogen-bond acceptors (Lipinski definition) is 4. The number of carbonyl (C=O) groups is 2. The smallest absolute Gasteiger partial charge is 0.326 e. The second-order valence-electron chi connectivity index (χ2n) is 5.02. The molecule has 7 nitrogen and oxygen atoms in total. The van der Waals surface area contributed by atoms with Crippen molar-refractivity contribution >= 4 is 11.9 Å². The van der Waals surface area contributed by atoms with Gasteiger partial charge >= 0.3 is 5.97 Å². The second-order valence-corrected chi connectivity index (χ2v) is 5.02. The van der Waals surface area contributed by atoms with Crippen LogP contribution in [0.4, 0.5) is 0 Å². The van der Waals surface area contributed by atoms with E-state index in [1.165, 1.54) is 17.3 Å². The minimum absolute atomic E-state index is 0.0462. The molecule has 1 aliphatic rings. The van der Waals surface area contributed by atoms with Gasteiger partial charge in [0.25, 0.3) is 5.91 Å². The zero-order valence-corrected chi connectivity index (χ0v) is 11.1. The number of benzene rings is 1. The molecule has 0 bridgehead atoms. The topological polar surface area (TPSA) is 97.1 Å². The monoisotopic (exact) mass is 286 g/mol. The molecule has 1 amide bonds. The molecule has 7 heteroatoms. The van der Waals surface area contributed by atoms with Crippen molar-refractivity contribution in [2.75, 3.05) is 0 Å². The van der Waals surface area contributed by atoms with Crippen LogP contribution in [0.25, 0.3) is 5.69 Å². The number of carboxylic acid groups (broad SMARTS) is 1. The lowest BCUT2D eigenvalue weighted by molar-refractivity contribution is -0.139. The Morgan fingerprint density at radius 2 is 2.19 bits per heavy atom. The second kappa shape index (κ2) is 5.35. The molecule has 108 valence electrons. The third-order valence-corrected chi connectivity index (χ3v) is 3.44. The first kappa shape index (κ1) is 13.3. The molecule has 2 aromatic rings. The highest BCUT2D eigenvalue weighted by molar-refractivity contribution is 5.97. The maximum absolute atomic E-state index is 12.2. The van der Waals surface area contributed by atoms with E-state index in [4.69, 9.17) is 5.11 Å². The van der Waals surface area contributed by atoms with Crippen molar-refractivity contribution in [1.82, 2.24) is 20.1 Å². The van der Waals surface area contributed by atoms with Gasteiger partial charge in [-0.3, -0.25) is 4.79 Å². The van der Waals surface area contributed by atoms with E-state index >= 15 is 0 Å². The lowest BCUT2D eigenvalue weighted by Gasteiger charge is -2.13. The third kappa shape index (κ3) is 2.91. The van der Waals surface area contributed by atoms with Gasteiger partial charge in [-0.1, -0.05) is 6.07 Å². The van der Waals surface area contributed by atoms with Crippen molar-refractivity contribution in [2.24, 2.45) is 5.92 Å². The van der Waals surface area contributed by atoms with Crippen molar-refractivity contribution in [3.8, 4) is 5.69 Å². The van der Waals surface area contributed by atoms with Crippen LogP contribution in [0.1, 0.15) is 23.2 Å². The van der Waals surface area contributed by atoms with Gasteiger partial charge in [0.1, 0.15) is 18.7 Å². The molecule has 1 heterocycles. The Morgan fingerprint density at radius 1 is 1.38 bits per heavy atom. The van der Waals surface area contributed by atoms with Gasteiger partial charge in [0.15, 0.2) is 0 Å². The molecule has 0 saturated heterocycles. The first-order valence-electron chi connectivity index (χ1n) is 6.64. The van der Waals surface area contributed by atoms with E-state index in [1.54, 1.807) is 24.3 Å². The molecule has 1 fully saturated rings. The van der Waals surface area contributed by atoms with Crippen LogP contribution in [-0.4, -0.2) is 37.8 Å². The Hall–Kier alpha value is -2.70. The summed E-state index contributed by atoms with van der Waals surface area (Å²) in [4.78, 5) is 27.2. The van der Waals surface area contributed by atoms with Crippen LogP contribution >= 0.6 is 0 Å². The summed E-state index contributed by atoms with van der Waals surface area (Å²) in [6.45, 7) is 0. The normalized spacial score (nSPS) is 15.4. The molecule has 2 N–H and O–H groups in total. The number of hydrogen-bond donors (Lipinski definition) is 2. The molecule has 0 radical (unpaired) electrons. The number of carbonyl (C=O) groups excluding carboxylic acids is 1. The van der Waals surface area contributed by atoms with Crippen molar-refractivity contribution < 1.29 is 14.7 Å². The van der Waals surface area contributed by atoms with Gasteiger partial charge in [-0.15, -0.1) is 0 Å². The highest BCUT2D eigenvalue weighted by Crippen LogP contribution is 2.32. The van der Waals surface area contributed by atoms with Gasteiger partial charge < -0.3 is 10.4 Å². The minimum Gasteiger partial charge on any atom is -0.480 e. The van der Waals surface area contributed by atoms with E-state index in [0.29, 0.717) is 11.3 Å². The third-order valence-electron chi connectivity index (χ3n) is 3.44. The zero-order chi connectivity index (χ0) is 14.8. The summed E-state index contributed by atoms with van der Waals surface area (Å²) in [5.74, 6) is -1.33. The summed E-state index contributed by atoms with van der Waals surface area (Å²) in [5.41, 5.74) is 1.09. The van der Waals surface area contributed by atoms with Gasteiger partial charge in [-0.05, 0) is 37.0 Å². The van der Waals surface area contributed by atoms with Crippen molar-refractivity contribution in [1.29, 1.82) is 0 Å². The van der Waals surface area contributed by atoms with Crippen LogP contribution in [0.3, 0.4) is 0 Å². The molecule has 1 atom stereocenters. The van der Waals surface area contributed by atoms with Crippen molar-refractivity contribution in [2.45, 2.75) is 18.9 Å². The number of aliphatic carboxylic acids is 1. The Bertz CT molecular complexity index is 665. The fraction of sp³-hybridized carbons (Fsp3) is 0.286. The molecule has 0 spiro atoms. The van der Waals surface area contributed by atoms with Gasteiger partial charge in [-0.25, -0.2) is 14.5 Å². The molecule has 1 unspecified atom stereocenters. The van der Waals surface area contributed by atoms with E-state index in [-0.39, 0.29) is 5.92 Å². The van der Waals surface area contributed by atoms with E-state index in [2.05, 4.69) is 15.4 Å². The number of aromatic nitrogens is 3. The Morgan fingerprint density at radius 3 is 2.81 bits per heavy atom. The van der Waals surface area contributed by atoms with Crippen LogP contribution < -0.4 is 5.32 Å². The number of amides is 1. The van der Waals surface area contributed by atoms with Crippen LogP contribution in [0.2, 0.25) is 0 Å². The fourth-order valence-electron chi connectivity index (χ4n) is 2.17. The number of nitrogens with one attached hydrogen (secondary N) is 1. The predicted octanol–water partition coefficient (Wildman–Crippen LogP) is 0.860. The first-order valence-corrected chi connectivity index (χ1v) is 6.64. The Kier molecular flexibility index (Phi) is 3.39. The molecule has 0 aliphatic heterocycles. The Balaban J connectivity index is 1.78. The standard InChI is InChI=1S/C14H14N4O3/c19-13(17-12(14(20)21)9-4-5-9)10-2-1-3-11(6-10)18-8-15-7-16-18/h1-3,6-9,12H,4-5H2,(H,17,19)(H,20,21). The molecule has 3 rings (SSSR count). The quantitative estimate of drug-likeness (QED) is 0.849. The lowest BCUT2D eigenvalue weighted by atomic mass is 10.1. The number of nitrogens with zero attached hydrogens (tertiary/aromatic N) is 3. The van der Waals surface area contributed by atoms with Gasteiger partial charge in [0, 0.05) is 5.56 Å². The van der Waals surface area contributed by atoms with E-state index in [0.717, 1.165) is 12.8 Å². The lowest BCUT2D eigenvalue weighted by Crippen LogP contribution is -2.42. The van der Waals surface area contributed by atoms with E-state index in [9.17, 15) is 9.59 Å². The SMILES string of the molecule is O=C(NC(C(=O)O)C1CC1)c1cccc(-n2cncn2)c1. The Labute approximate surface area is 120 Å². The fourth-order valence-corrected chi connectivity index (χ4v) is 2.17. The van der Waals surface area contributed by atoms with Crippen LogP contribution in [0.5, 0.6) is 0 Å². The summed E-state index contributed by atoms with van der Waals surface area (Å²) in [5, 5.41) is 15.7. The van der Waals surface area contributed by atoms with E-state index < -0.39 is 17.9 Å². The summed E-state index contributed by atoms with van der Waals surface area (Å²) >= 11 is 0. The maximum atomic E-state index is 12.2. The van der Waals surface area contributed by atoms with E-state index in [1.807, 2.05) is 0 Å². The summed E-state index contributed by atoms with van der Waals surface area (Å²) in [6, 6.07) is 5.99. The maximum Gasteiger partial charge on any atom is 0.326 e. The van der Waals surface area contributed by atoms with Gasteiger partial charge in [-0.2, -0.15) is 5.10 Å². The summed E-state index contributed by atoms with van der Waals surface area (Å²) < 4.78 is 1.53. The molecule has 1 aliphatic carbocycles. The molecular weight excluding hydrogens is 272 g/mol. The molecule has 1 saturated carbocycles. The average molecular weight is 286 g/mol. The zero-order valence-electron chi connectivity index (χ0n) is 11.1. The molecule has 1 aromatic heterocycles. The summed E-state index contributed by atoms with van der Waals surface area (Å²) in [7, 11) is 0. The largest absolute Gasteiger partial charge is 0.480 e. The molecule has 1 aromatic carbocycles. The highest BCUT2D eigenvalue weighted by Gasteiger charge is 2.37. The minimum atomic E-state index is -0.988. The highest BCUT2D eigenvalue weighted by atomic mass is 16.4. The van der Waals surface area contributed by atoms with Crippen LogP contribution in [0.15, 0.2) is 36.9 Å². The average Bonchev–Trinajstić information content (AvgIpc) is 3.17. The number of rotatable bonds is 5. The van der Waals surface area contributed by atoms with Crippen molar-refractivity contribution in [3.05, 3.63) is 42.5 Å². The molecule has 21 heavy (non-hydrogen) atoms. The van der Waals surface area contributed by atoms with Crippen molar-refractivity contribution in [3.63, 3.8) is 0 Å². The summed E-state index contributed by atoms with van der Waals surface area (Å²) in [6.07, 6.45) is 4.62.